The second-order valence-electron chi connectivity index (χ2n) is 8.05. The number of nitrogens with zero attached hydrogens (tertiary/aromatic N) is 2. The van der Waals surface area contributed by atoms with Gasteiger partial charge in [0, 0.05) is 31.4 Å². The molecule has 0 unspecified atom stereocenters. The minimum Gasteiger partial charge on any atom is -0.488 e. The summed E-state index contributed by atoms with van der Waals surface area (Å²) in [5.41, 5.74) is 4.87. The van der Waals surface area contributed by atoms with E-state index < -0.39 is 0 Å². The largest absolute Gasteiger partial charge is 0.488 e. The number of nitrogens with one attached hydrogen (secondary N) is 3. The van der Waals surface area contributed by atoms with E-state index in [1.807, 2.05) is 55.6 Å². The summed E-state index contributed by atoms with van der Waals surface area (Å²) >= 11 is 0. The van der Waals surface area contributed by atoms with Crippen molar-refractivity contribution < 1.29 is 9.53 Å². The lowest BCUT2D eigenvalue weighted by Gasteiger charge is -2.30. The van der Waals surface area contributed by atoms with Crippen molar-refractivity contribution in [3.05, 3.63) is 66.0 Å². The lowest BCUT2D eigenvalue weighted by molar-refractivity contribution is 0.115. The van der Waals surface area contributed by atoms with Gasteiger partial charge in [-0.2, -0.15) is 5.10 Å². The van der Waals surface area contributed by atoms with E-state index in [2.05, 4.69) is 32.8 Å². The van der Waals surface area contributed by atoms with Crippen LogP contribution in [0.25, 0.3) is 11.1 Å². The summed E-state index contributed by atoms with van der Waals surface area (Å²) in [5.74, 6) is 0.680. The van der Waals surface area contributed by atoms with Crippen LogP contribution in [0.3, 0.4) is 0 Å². The Kier molecular flexibility index (Phi) is 6.52. The zero-order chi connectivity index (χ0) is 21.6. The maximum absolute atomic E-state index is 12.6. The van der Waals surface area contributed by atoms with Crippen molar-refractivity contribution in [2.24, 2.45) is 0 Å². The van der Waals surface area contributed by atoms with Crippen molar-refractivity contribution in [2.75, 3.05) is 25.5 Å². The molecule has 3 aromatic rings. The first-order valence-electron chi connectivity index (χ1n) is 10.7. The second kappa shape index (κ2) is 9.66. The number of carbonyl (C=O) groups excluding carboxylic acids is 1. The van der Waals surface area contributed by atoms with Gasteiger partial charge in [-0.15, -0.1) is 0 Å². The van der Waals surface area contributed by atoms with Gasteiger partial charge in [-0.25, -0.2) is 4.79 Å². The van der Waals surface area contributed by atoms with Crippen LogP contribution in [0.15, 0.2) is 54.9 Å². The molecular weight excluding hydrogens is 390 g/mol. The predicted octanol–water partition coefficient (Wildman–Crippen LogP) is 4.18. The monoisotopic (exact) mass is 419 g/mol. The van der Waals surface area contributed by atoms with Crippen molar-refractivity contribution in [3.63, 3.8) is 0 Å². The standard InChI is InChI=1S/C24H29N5O2/c1-17-5-3-4-6-19(17)14-25-24(30)28-22-8-7-18(20-15-26-27-16-20)13-23(22)31-21-9-11-29(2)12-10-21/h3-8,13,15-16,21H,9-12,14H2,1-2H3,(H,26,27)(H2,25,28,30). The third-order valence-corrected chi connectivity index (χ3v) is 5.72. The number of rotatable bonds is 6. The van der Waals surface area contributed by atoms with Crippen molar-refractivity contribution in [3.8, 4) is 16.9 Å². The van der Waals surface area contributed by atoms with Gasteiger partial charge in [0.1, 0.15) is 11.9 Å². The van der Waals surface area contributed by atoms with Crippen LogP contribution in [-0.2, 0) is 6.54 Å². The van der Waals surface area contributed by atoms with Crippen molar-refractivity contribution in [1.29, 1.82) is 0 Å². The number of ether oxygens (including phenoxy) is 1. The zero-order valence-electron chi connectivity index (χ0n) is 18.0. The number of urea groups is 1. The van der Waals surface area contributed by atoms with E-state index in [1.54, 1.807) is 6.20 Å². The van der Waals surface area contributed by atoms with E-state index >= 15 is 0 Å². The average Bonchev–Trinajstić information content (AvgIpc) is 3.31. The molecule has 0 saturated carbocycles. The summed E-state index contributed by atoms with van der Waals surface area (Å²) in [6, 6.07) is 13.6. The Morgan fingerprint density at radius 3 is 2.74 bits per heavy atom. The van der Waals surface area contributed by atoms with Gasteiger partial charge in [-0.1, -0.05) is 30.3 Å². The van der Waals surface area contributed by atoms with E-state index in [0.717, 1.165) is 48.2 Å². The van der Waals surface area contributed by atoms with Crippen LogP contribution in [0.1, 0.15) is 24.0 Å². The molecule has 3 N–H and O–H groups in total. The van der Waals surface area contributed by atoms with E-state index in [9.17, 15) is 4.79 Å². The highest BCUT2D eigenvalue weighted by Gasteiger charge is 2.20. The molecule has 162 valence electrons. The fourth-order valence-corrected chi connectivity index (χ4v) is 3.74. The Morgan fingerprint density at radius 1 is 1.19 bits per heavy atom. The number of hydrogen-bond acceptors (Lipinski definition) is 4. The van der Waals surface area contributed by atoms with Crippen molar-refractivity contribution in [2.45, 2.75) is 32.4 Å². The summed E-state index contributed by atoms with van der Waals surface area (Å²) < 4.78 is 6.36. The van der Waals surface area contributed by atoms with Crippen LogP contribution < -0.4 is 15.4 Å². The topological polar surface area (TPSA) is 82.3 Å². The highest BCUT2D eigenvalue weighted by molar-refractivity contribution is 5.91. The highest BCUT2D eigenvalue weighted by atomic mass is 16.5. The summed E-state index contributed by atoms with van der Waals surface area (Å²) in [7, 11) is 2.13. The molecule has 1 fully saturated rings. The van der Waals surface area contributed by atoms with Gasteiger partial charge in [0.15, 0.2) is 0 Å². The van der Waals surface area contributed by atoms with Crippen LogP contribution in [-0.4, -0.2) is 47.4 Å². The smallest absolute Gasteiger partial charge is 0.319 e. The van der Waals surface area contributed by atoms with Crippen LogP contribution in [0.2, 0.25) is 0 Å². The lowest BCUT2D eigenvalue weighted by atomic mass is 10.1. The Labute approximate surface area is 182 Å². The van der Waals surface area contributed by atoms with Gasteiger partial charge >= 0.3 is 6.03 Å². The third-order valence-electron chi connectivity index (χ3n) is 5.72. The van der Waals surface area contributed by atoms with Gasteiger partial charge in [0.2, 0.25) is 0 Å². The second-order valence-corrected chi connectivity index (χ2v) is 8.05. The molecule has 1 saturated heterocycles. The molecule has 2 amide bonds. The number of aromatic nitrogens is 2. The number of H-pyrrole nitrogens is 1. The molecule has 0 bridgehead atoms. The van der Waals surface area contributed by atoms with E-state index in [4.69, 9.17) is 4.74 Å². The molecule has 2 aromatic carbocycles. The Morgan fingerprint density at radius 2 is 2.00 bits per heavy atom. The minimum absolute atomic E-state index is 0.131. The summed E-state index contributed by atoms with van der Waals surface area (Å²) in [6.07, 6.45) is 5.68. The van der Waals surface area contributed by atoms with Crippen LogP contribution in [0, 0.1) is 6.92 Å². The first kappa shape index (κ1) is 20.9. The van der Waals surface area contributed by atoms with Gasteiger partial charge in [0.25, 0.3) is 0 Å². The highest BCUT2D eigenvalue weighted by Crippen LogP contribution is 2.32. The number of amides is 2. The molecule has 2 heterocycles. The summed E-state index contributed by atoms with van der Waals surface area (Å²) in [5, 5.41) is 12.8. The normalized spacial score (nSPS) is 14.9. The number of aryl methyl sites for hydroxylation is 1. The van der Waals surface area contributed by atoms with Crippen LogP contribution >= 0.6 is 0 Å². The third kappa shape index (κ3) is 5.44. The number of carbonyl (C=O) groups is 1. The number of anilines is 1. The Balaban J connectivity index is 1.48. The number of hydrogen-bond donors (Lipinski definition) is 3. The van der Waals surface area contributed by atoms with Gasteiger partial charge in [0.05, 0.1) is 11.9 Å². The molecule has 4 rings (SSSR count). The lowest BCUT2D eigenvalue weighted by Crippen LogP contribution is -2.36. The molecular formula is C24H29N5O2. The number of aromatic amines is 1. The zero-order valence-corrected chi connectivity index (χ0v) is 18.0. The summed E-state index contributed by atoms with van der Waals surface area (Å²) in [4.78, 5) is 14.9. The fraction of sp³-hybridized carbons (Fsp3) is 0.333. The van der Waals surface area contributed by atoms with Gasteiger partial charge in [-0.05, 0) is 55.6 Å². The van der Waals surface area contributed by atoms with E-state index in [1.165, 1.54) is 0 Å². The van der Waals surface area contributed by atoms with Gasteiger partial charge in [-0.3, -0.25) is 5.10 Å². The molecule has 1 aliphatic heterocycles. The van der Waals surface area contributed by atoms with E-state index in [0.29, 0.717) is 18.0 Å². The van der Waals surface area contributed by atoms with Crippen LogP contribution in [0.5, 0.6) is 5.75 Å². The Hall–Kier alpha value is -3.32. The quantitative estimate of drug-likeness (QED) is 0.560. The van der Waals surface area contributed by atoms with E-state index in [-0.39, 0.29) is 12.1 Å². The molecule has 1 aromatic heterocycles. The average molecular weight is 420 g/mol. The number of likely N-dealkylation sites (tertiary alicyclic amines) is 1. The summed E-state index contributed by atoms with van der Waals surface area (Å²) in [6.45, 7) is 4.52. The molecule has 7 heteroatoms. The molecule has 0 spiro atoms. The minimum atomic E-state index is -0.257. The van der Waals surface area contributed by atoms with Gasteiger partial charge < -0.3 is 20.3 Å². The molecule has 1 aliphatic rings. The molecule has 31 heavy (non-hydrogen) atoms. The van der Waals surface area contributed by atoms with Crippen LogP contribution in [0.4, 0.5) is 10.5 Å². The van der Waals surface area contributed by atoms with Crippen molar-refractivity contribution in [1.82, 2.24) is 20.4 Å². The predicted molar refractivity (Wildman–Crippen MR) is 122 cm³/mol. The molecule has 0 aliphatic carbocycles. The SMILES string of the molecule is Cc1ccccc1CNC(=O)Nc1ccc(-c2cn[nH]c2)cc1OC1CCN(C)CC1. The first-order valence-corrected chi connectivity index (χ1v) is 10.7. The maximum atomic E-state index is 12.6. The molecule has 0 atom stereocenters. The first-order chi connectivity index (χ1) is 15.1. The van der Waals surface area contributed by atoms with Crippen molar-refractivity contribution >= 4 is 11.7 Å². The fourth-order valence-electron chi connectivity index (χ4n) is 3.74. The number of benzene rings is 2. The molecule has 7 nitrogen and oxygen atoms in total. The number of piperidine rings is 1. The Bertz CT molecular complexity index is 1010. The molecule has 0 radical (unpaired) electrons. The maximum Gasteiger partial charge on any atom is 0.319 e.